The molecule has 3 aromatic rings. The van der Waals surface area contributed by atoms with E-state index in [0.29, 0.717) is 5.58 Å². The number of carbonyl (C=O) groups is 1. The summed E-state index contributed by atoms with van der Waals surface area (Å²) in [6.07, 6.45) is 1.65. The van der Waals surface area contributed by atoms with Gasteiger partial charge in [0.1, 0.15) is 5.58 Å². The van der Waals surface area contributed by atoms with Crippen molar-refractivity contribution in [3.63, 3.8) is 0 Å². The average molecular weight is 442 g/mol. The minimum Gasteiger partial charge on any atom is -0.451 e. The first-order valence-corrected chi connectivity index (χ1v) is 9.85. The lowest BCUT2D eigenvalue weighted by molar-refractivity contribution is 0.0929. The third-order valence-corrected chi connectivity index (χ3v) is 5.19. The van der Waals surface area contributed by atoms with Crippen LogP contribution in [-0.4, -0.2) is 38.4 Å². The molecule has 1 aliphatic rings. The summed E-state index contributed by atoms with van der Waals surface area (Å²) in [5.41, 5.74) is 6.40. The summed E-state index contributed by atoms with van der Waals surface area (Å²) in [6.45, 7) is 5.35. The number of nitrogens with zero attached hydrogens (tertiary/aromatic N) is 2. The predicted octanol–water partition coefficient (Wildman–Crippen LogP) is 4.10. The van der Waals surface area contributed by atoms with Crippen molar-refractivity contribution in [2.45, 2.75) is 6.92 Å². The molecule has 28 heavy (non-hydrogen) atoms. The van der Waals surface area contributed by atoms with Crippen molar-refractivity contribution in [2.75, 3.05) is 31.2 Å². The Bertz CT molecular complexity index is 1040. The van der Waals surface area contributed by atoms with E-state index in [4.69, 9.17) is 9.15 Å². The summed E-state index contributed by atoms with van der Waals surface area (Å²) in [6, 6.07) is 13.5. The molecule has 0 saturated carbocycles. The Morgan fingerprint density at radius 1 is 1.18 bits per heavy atom. The number of ether oxygens (including phenoxy) is 1. The maximum absolute atomic E-state index is 12.3. The monoisotopic (exact) mass is 441 g/mol. The van der Waals surface area contributed by atoms with E-state index in [1.54, 1.807) is 12.3 Å². The SMILES string of the molecule is Cc1cc(N2CCOCC2)ccc1/C=N/NC(=O)c1cc2cc(Br)ccc2o1. The second-order valence-corrected chi connectivity index (χ2v) is 7.55. The van der Waals surface area contributed by atoms with Crippen LogP contribution in [0.2, 0.25) is 0 Å². The van der Waals surface area contributed by atoms with Gasteiger partial charge in [-0.3, -0.25) is 4.79 Å². The first-order valence-electron chi connectivity index (χ1n) is 9.06. The number of morpholine rings is 1. The van der Waals surface area contributed by atoms with Crippen LogP contribution in [-0.2, 0) is 4.74 Å². The molecule has 0 bridgehead atoms. The molecule has 2 aromatic carbocycles. The zero-order chi connectivity index (χ0) is 19.5. The van der Waals surface area contributed by atoms with E-state index in [1.807, 2.05) is 31.2 Å². The van der Waals surface area contributed by atoms with Gasteiger partial charge in [0, 0.05) is 28.6 Å². The first kappa shape index (κ1) is 18.7. The van der Waals surface area contributed by atoms with Crippen LogP contribution in [0.15, 0.2) is 56.5 Å². The lowest BCUT2D eigenvalue weighted by Crippen LogP contribution is -2.36. The van der Waals surface area contributed by atoms with E-state index in [2.05, 4.69) is 43.5 Å². The quantitative estimate of drug-likeness (QED) is 0.488. The van der Waals surface area contributed by atoms with Crippen LogP contribution in [0.1, 0.15) is 21.7 Å². The Labute approximate surface area is 171 Å². The summed E-state index contributed by atoms with van der Waals surface area (Å²) in [5, 5.41) is 4.94. The van der Waals surface area contributed by atoms with E-state index in [9.17, 15) is 4.79 Å². The number of hydrogen-bond donors (Lipinski definition) is 1. The van der Waals surface area contributed by atoms with Crippen molar-refractivity contribution in [1.29, 1.82) is 0 Å². The number of fused-ring (bicyclic) bond motifs is 1. The van der Waals surface area contributed by atoms with Gasteiger partial charge in [-0.05, 0) is 54.4 Å². The van der Waals surface area contributed by atoms with Gasteiger partial charge in [0.15, 0.2) is 5.76 Å². The number of nitrogens with one attached hydrogen (secondary N) is 1. The number of furan rings is 1. The van der Waals surface area contributed by atoms with Crippen molar-refractivity contribution >= 4 is 44.7 Å². The minimum absolute atomic E-state index is 0.227. The summed E-state index contributed by atoms with van der Waals surface area (Å²) in [4.78, 5) is 14.6. The van der Waals surface area contributed by atoms with Crippen molar-refractivity contribution in [1.82, 2.24) is 5.43 Å². The largest absolute Gasteiger partial charge is 0.451 e. The number of hydrogen-bond acceptors (Lipinski definition) is 5. The number of rotatable bonds is 4. The number of aryl methyl sites for hydroxylation is 1. The molecule has 1 amide bonds. The zero-order valence-electron chi connectivity index (χ0n) is 15.4. The van der Waals surface area contributed by atoms with Gasteiger partial charge in [-0.15, -0.1) is 0 Å². The summed E-state index contributed by atoms with van der Waals surface area (Å²) in [7, 11) is 0. The Hall–Kier alpha value is -2.64. The minimum atomic E-state index is -0.383. The average Bonchev–Trinajstić information content (AvgIpc) is 3.13. The fourth-order valence-electron chi connectivity index (χ4n) is 3.16. The van der Waals surface area contributed by atoms with Crippen LogP contribution in [0.25, 0.3) is 11.0 Å². The van der Waals surface area contributed by atoms with Gasteiger partial charge >= 0.3 is 5.91 Å². The highest BCUT2D eigenvalue weighted by Crippen LogP contribution is 2.23. The van der Waals surface area contributed by atoms with E-state index >= 15 is 0 Å². The number of amides is 1. The standard InChI is InChI=1S/C21H20BrN3O3/c1-14-10-18(25-6-8-27-9-7-25)4-2-15(14)13-23-24-21(26)20-12-16-11-17(22)3-5-19(16)28-20/h2-5,10-13H,6-9H2,1H3,(H,24,26)/b23-13+. The molecule has 1 saturated heterocycles. The molecule has 0 unspecified atom stereocenters. The maximum atomic E-state index is 12.3. The normalized spacial score (nSPS) is 14.7. The molecule has 144 valence electrons. The van der Waals surface area contributed by atoms with Gasteiger partial charge in [0.25, 0.3) is 0 Å². The highest BCUT2D eigenvalue weighted by Gasteiger charge is 2.13. The Morgan fingerprint density at radius 2 is 2.00 bits per heavy atom. The third-order valence-electron chi connectivity index (χ3n) is 4.70. The van der Waals surface area contributed by atoms with E-state index in [0.717, 1.165) is 47.3 Å². The summed E-state index contributed by atoms with van der Waals surface area (Å²) in [5.74, 6) is -0.157. The van der Waals surface area contributed by atoms with Crippen LogP contribution < -0.4 is 10.3 Å². The van der Waals surface area contributed by atoms with Gasteiger partial charge in [0.2, 0.25) is 0 Å². The summed E-state index contributed by atoms with van der Waals surface area (Å²) < 4.78 is 11.9. The van der Waals surface area contributed by atoms with E-state index in [-0.39, 0.29) is 11.7 Å². The van der Waals surface area contributed by atoms with Crippen LogP contribution >= 0.6 is 15.9 Å². The molecule has 0 aliphatic carbocycles. The van der Waals surface area contributed by atoms with Gasteiger partial charge < -0.3 is 14.1 Å². The molecule has 1 aliphatic heterocycles. The molecule has 4 rings (SSSR count). The molecule has 0 spiro atoms. The number of carbonyl (C=O) groups excluding carboxylic acids is 1. The lowest BCUT2D eigenvalue weighted by atomic mass is 10.1. The molecule has 7 heteroatoms. The molecule has 0 atom stereocenters. The Balaban J connectivity index is 1.42. The third kappa shape index (κ3) is 4.10. The van der Waals surface area contributed by atoms with Crippen molar-refractivity contribution in [2.24, 2.45) is 5.10 Å². The van der Waals surface area contributed by atoms with E-state index in [1.165, 1.54) is 5.69 Å². The van der Waals surface area contributed by atoms with Crippen molar-refractivity contribution in [3.8, 4) is 0 Å². The molecule has 2 heterocycles. The summed E-state index contributed by atoms with van der Waals surface area (Å²) >= 11 is 3.41. The molecular weight excluding hydrogens is 422 g/mol. The van der Waals surface area contributed by atoms with Crippen LogP contribution in [0, 0.1) is 6.92 Å². The Morgan fingerprint density at radius 3 is 2.79 bits per heavy atom. The topological polar surface area (TPSA) is 67.1 Å². The molecule has 1 fully saturated rings. The number of benzene rings is 2. The van der Waals surface area contributed by atoms with Crippen molar-refractivity contribution in [3.05, 3.63) is 63.8 Å². The van der Waals surface area contributed by atoms with Gasteiger partial charge in [-0.2, -0.15) is 5.10 Å². The molecule has 6 nitrogen and oxygen atoms in total. The Kier molecular flexibility index (Phi) is 5.45. The first-order chi connectivity index (χ1) is 13.6. The molecule has 1 N–H and O–H groups in total. The number of hydrazone groups is 1. The molecule has 0 radical (unpaired) electrons. The highest BCUT2D eigenvalue weighted by molar-refractivity contribution is 9.10. The van der Waals surface area contributed by atoms with E-state index < -0.39 is 0 Å². The number of anilines is 1. The number of halogens is 1. The fraction of sp³-hybridized carbons (Fsp3) is 0.238. The highest BCUT2D eigenvalue weighted by atomic mass is 79.9. The van der Waals surface area contributed by atoms with Crippen LogP contribution in [0.5, 0.6) is 0 Å². The fourth-order valence-corrected chi connectivity index (χ4v) is 3.54. The second kappa shape index (κ2) is 8.16. The van der Waals surface area contributed by atoms with Gasteiger partial charge in [-0.1, -0.05) is 22.0 Å². The predicted molar refractivity (Wildman–Crippen MR) is 113 cm³/mol. The van der Waals surface area contributed by atoms with Gasteiger partial charge in [0.05, 0.1) is 19.4 Å². The van der Waals surface area contributed by atoms with Crippen molar-refractivity contribution < 1.29 is 13.9 Å². The maximum Gasteiger partial charge on any atom is 0.307 e. The zero-order valence-corrected chi connectivity index (χ0v) is 17.0. The van der Waals surface area contributed by atoms with Gasteiger partial charge in [-0.25, -0.2) is 5.43 Å². The lowest BCUT2D eigenvalue weighted by Gasteiger charge is -2.29. The second-order valence-electron chi connectivity index (χ2n) is 6.63. The van der Waals surface area contributed by atoms with Crippen LogP contribution in [0.3, 0.4) is 0 Å². The smallest absolute Gasteiger partial charge is 0.307 e. The molecular formula is C21H20BrN3O3. The van der Waals surface area contributed by atoms with Crippen LogP contribution in [0.4, 0.5) is 5.69 Å². The molecule has 1 aromatic heterocycles.